The van der Waals surface area contributed by atoms with Crippen LogP contribution >= 0.6 is 0 Å². The molecule has 0 atom stereocenters. The van der Waals surface area contributed by atoms with Crippen molar-refractivity contribution in [1.82, 2.24) is 4.72 Å². The highest BCUT2D eigenvalue weighted by Crippen LogP contribution is 2.14. The topological polar surface area (TPSA) is 72.2 Å². The van der Waals surface area contributed by atoms with Crippen LogP contribution in [0.3, 0.4) is 0 Å². The number of nitrogen functional groups attached to an aromatic ring is 1. The first-order valence-corrected chi connectivity index (χ1v) is 7.93. The van der Waals surface area contributed by atoms with Crippen molar-refractivity contribution in [2.75, 3.05) is 5.73 Å². The van der Waals surface area contributed by atoms with Crippen LogP contribution in [0.2, 0.25) is 0 Å². The quantitative estimate of drug-likeness (QED) is 0.830. The second-order valence-electron chi connectivity index (χ2n) is 4.52. The number of hydrogen-bond donors (Lipinski definition) is 2. The fourth-order valence-electron chi connectivity index (χ4n) is 2.01. The average Bonchev–Trinajstić information content (AvgIpc) is 2.45. The number of hydrogen-bond acceptors (Lipinski definition) is 3. The summed E-state index contributed by atoms with van der Waals surface area (Å²) in [6.45, 7) is 2.33. The van der Waals surface area contributed by atoms with E-state index in [0.29, 0.717) is 5.69 Å². The minimum Gasteiger partial charge on any atom is -0.399 e. The molecule has 0 amide bonds. The van der Waals surface area contributed by atoms with Crippen molar-refractivity contribution in [3.05, 3.63) is 59.7 Å². The Morgan fingerprint density at radius 3 is 2.40 bits per heavy atom. The Hall–Kier alpha value is -1.85. The number of anilines is 1. The molecule has 0 unspecified atom stereocenters. The van der Waals surface area contributed by atoms with Crippen LogP contribution < -0.4 is 10.5 Å². The molecule has 0 bridgehead atoms. The molecular formula is C15H18N2O2S. The Balaban J connectivity index is 2.17. The van der Waals surface area contributed by atoms with Gasteiger partial charge in [0.15, 0.2) is 0 Å². The van der Waals surface area contributed by atoms with Crippen LogP contribution in [0.25, 0.3) is 0 Å². The van der Waals surface area contributed by atoms with E-state index in [1.165, 1.54) is 12.1 Å². The Kier molecular flexibility index (Phi) is 4.42. The summed E-state index contributed by atoms with van der Waals surface area (Å²) < 4.78 is 27.0. The molecule has 0 fully saturated rings. The predicted octanol–water partition coefficient (Wildman–Crippen LogP) is 2.31. The van der Waals surface area contributed by atoms with Crippen molar-refractivity contribution >= 4 is 15.7 Å². The van der Waals surface area contributed by atoms with Gasteiger partial charge in [-0.25, -0.2) is 13.1 Å². The normalized spacial score (nSPS) is 11.4. The van der Waals surface area contributed by atoms with Gasteiger partial charge in [-0.2, -0.15) is 0 Å². The highest BCUT2D eigenvalue weighted by molar-refractivity contribution is 7.89. The molecule has 0 spiro atoms. The van der Waals surface area contributed by atoms with Crippen molar-refractivity contribution in [1.29, 1.82) is 0 Å². The first kappa shape index (κ1) is 14.6. The number of benzene rings is 2. The minimum atomic E-state index is -3.54. The summed E-state index contributed by atoms with van der Waals surface area (Å²) in [6, 6.07) is 14.1. The summed E-state index contributed by atoms with van der Waals surface area (Å²) in [4.78, 5) is 0.187. The van der Waals surface area contributed by atoms with Gasteiger partial charge in [0.2, 0.25) is 10.0 Å². The second kappa shape index (κ2) is 6.07. The van der Waals surface area contributed by atoms with Gasteiger partial charge >= 0.3 is 0 Å². The summed E-state index contributed by atoms with van der Waals surface area (Å²) in [7, 11) is -3.54. The first-order valence-electron chi connectivity index (χ1n) is 6.45. The molecule has 2 aromatic carbocycles. The van der Waals surface area contributed by atoms with Gasteiger partial charge in [0.1, 0.15) is 0 Å². The van der Waals surface area contributed by atoms with Crippen LogP contribution in [-0.2, 0) is 23.0 Å². The Labute approximate surface area is 119 Å². The van der Waals surface area contributed by atoms with Crippen LogP contribution in [0.5, 0.6) is 0 Å². The molecule has 106 valence electrons. The summed E-state index contributed by atoms with van der Waals surface area (Å²) in [5.74, 6) is 0. The highest BCUT2D eigenvalue weighted by Gasteiger charge is 2.14. The monoisotopic (exact) mass is 290 g/mol. The van der Waals surface area contributed by atoms with Crippen molar-refractivity contribution in [2.45, 2.75) is 24.8 Å². The Morgan fingerprint density at radius 2 is 1.75 bits per heavy atom. The second-order valence-corrected chi connectivity index (χ2v) is 6.29. The van der Waals surface area contributed by atoms with E-state index in [1.807, 2.05) is 31.2 Å². The van der Waals surface area contributed by atoms with Gasteiger partial charge < -0.3 is 5.73 Å². The van der Waals surface area contributed by atoms with E-state index in [1.54, 1.807) is 12.1 Å². The maximum Gasteiger partial charge on any atom is 0.240 e. The molecule has 4 nitrogen and oxygen atoms in total. The van der Waals surface area contributed by atoms with E-state index in [0.717, 1.165) is 17.5 Å². The van der Waals surface area contributed by atoms with E-state index in [2.05, 4.69) is 4.72 Å². The standard InChI is InChI=1S/C15H18N2O2S/c1-2-12-6-3-4-7-13(12)11-17-20(18,19)15-9-5-8-14(16)10-15/h3-10,17H,2,11,16H2,1H3. The third-order valence-corrected chi connectivity index (χ3v) is 4.52. The first-order chi connectivity index (χ1) is 9.53. The summed E-state index contributed by atoms with van der Waals surface area (Å²) in [5.41, 5.74) is 8.18. The predicted molar refractivity (Wildman–Crippen MR) is 80.7 cm³/mol. The molecule has 3 N–H and O–H groups in total. The molecule has 0 aliphatic carbocycles. The van der Waals surface area contributed by atoms with Crippen LogP contribution in [0.4, 0.5) is 5.69 Å². The number of nitrogens with two attached hydrogens (primary N) is 1. The van der Waals surface area contributed by atoms with E-state index >= 15 is 0 Å². The van der Waals surface area contributed by atoms with Gasteiger partial charge in [0.25, 0.3) is 0 Å². The van der Waals surface area contributed by atoms with Gasteiger partial charge in [-0.1, -0.05) is 37.3 Å². The van der Waals surface area contributed by atoms with Crippen molar-refractivity contribution < 1.29 is 8.42 Å². The molecule has 0 heterocycles. The third kappa shape index (κ3) is 3.37. The molecule has 0 saturated carbocycles. The van der Waals surface area contributed by atoms with Crippen molar-refractivity contribution in [2.24, 2.45) is 0 Å². The zero-order valence-corrected chi connectivity index (χ0v) is 12.2. The smallest absolute Gasteiger partial charge is 0.240 e. The number of nitrogens with one attached hydrogen (secondary N) is 1. The Morgan fingerprint density at radius 1 is 1.05 bits per heavy atom. The lowest BCUT2D eigenvalue weighted by atomic mass is 10.1. The van der Waals surface area contributed by atoms with Gasteiger partial charge in [0, 0.05) is 12.2 Å². The molecular weight excluding hydrogens is 272 g/mol. The molecule has 0 radical (unpaired) electrons. The summed E-state index contributed by atoms with van der Waals surface area (Å²) >= 11 is 0. The fourth-order valence-corrected chi connectivity index (χ4v) is 3.07. The highest BCUT2D eigenvalue weighted by atomic mass is 32.2. The summed E-state index contributed by atoms with van der Waals surface area (Å²) in [5, 5.41) is 0. The van der Waals surface area contributed by atoms with Crippen molar-refractivity contribution in [3.8, 4) is 0 Å². The van der Waals surface area contributed by atoms with Crippen molar-refractivity contribution in [3.63, 3.8) is 0 Å². The number of sulfonamides is 1. The van der Waals surface area contributed by atoms with Crippen LogP contribution in [0.15, 0.2) is 53.4 Å². The zero-order chi connectivity index (χ0) is 14.6. The van der Waals surface area contributed by atoms with E-state index < -0.39 is 10.0 Å². The Bertz CT molecular complexity index is 697. The summed E-state index contributed by atoms with van der Waals surface area (Å²) in [6.07, 6.45) is 0.871. The molecule has 0 aliphatic rings. The van der Waals surface area contributed by atoms with Gasteiger partial charge in [-0.3, -0.25) is 0 Å². The zero-order valence-electron chi connectivity index (χ0n) is 11.3. The number of aryl methyl sites for hydroxylation is 1. The number of rotatable bonds is 5. The minimum absolute atomic E-state index is 0.187. The molecule has 20 heavy (non-hydrogen) atoms. The molecule has 0 aliphatic heterocycles. The van der Waals surface area contributed by atoms with Crippen LogP contribution in [-0.4, -0.2) is 8.42 Å². The van der Waals surface area contributed by atoms with Crippen LogP contribution in [0, 0.1) is 0 Å². The largest absolute Gasteiger partial charge is 0.399 e. The molecule has 5 heteroatoms. The molecule has 0 aromatic heterocycles. The lowest BCUT2D eigenvalue weighted by Gasteiger charge is -2.10. The molecule has 2 rings (SSSR count). The van der Waals surface area contributed by atoms with Crippen LogP contribution in [0.1, 0.15) is 18.1 Å². The van der Waals surface area contributed by atoms with E-state index in [-0.39, 0.29) is 11.4 Å². The third-order valence-electron chi connectivity index (χ3n) is 3.12. The maximum absolute atomic E-state index is 12.2. The lowest BCUT2D eigenvalue weighted by molar-refractivity contribution is 0.581. The van der Waals surface area contributed by atoms with E-state index in [9.17, 15) is 8.42 Å². The fraction of sp³-hybridized carbons (Fsp3) is 0.200. The van der Waals surface area contributed by atoms with Gasteiger partial charge in [0.05, 0.1) is 4.90 Å². The maximum atomic E-state index is 12.2. The molecule has 2 aromatic rings. The van der Waals surface area contributed by atoms with Gasteiger partial charge in [-0.15, -0.1) is 0 Å². The molecule has 0 saturated heterocycles. The van der Waals surface area contributed by atoms with E-state index in [4.69, 9.17) is 5.73 Å². The lowest BCUT2D eigenvalue weighted by Crippen LogP contribution is -2.23. The van der Waals surface area contributed by atoms with Gasteiger partial charge in [-0.05, 0) is 35.7 Å². The SMILES string of the molecule is CCc1ccccc1CNS(=O)(=O)c1cccc(N)c1. The average molecular weight is 290 g/mol.